The van der Waals surface area contributed by atoms with Crippen molar-refractivity contribution in [2.75, 3.05) is 5.32 Å². The molecule has 1 amide bonds. The largest absolute Gasteiger partial charge is 0.324 e. The van der Waals surface area contributed by atoms with Crippen LogP contribution in [-0.4, -0.2) is 20.6 Å². The number of hydrogen-bond acceptors (Lipinski definition) is 4. The minimum atomic E-state index is -0.728. The molecule has 1 aromatic heterocycles. The highest BCUT2D eigenvalue weighted by Gasteiger charge is 2.19. The number of rotatable bonds is 4. The Bertz CT molecular complexity index is 638. The zero-order valence-electron chi connectivity index (χ0n) is 10.5. The van der Waals surface area contributed by atoms with E-state index >= 15 is 0 Å². The maximum Gasteiger partial charge on any atom is 0.307 e. The van der Waals surface area contributed by atoms with E-state index < -0.39 is 22.7 Å². The van der Waals surface area contributed by atoms with E-state index in [1.165, 1.54) is 35.1 Å². The first-order valence-electron chi connectivity index (χ1n) is 5.72. The standard InChI is InChI=1S/C12H11FN4O3/c1-8(16-7-11(6-14-16)17(19)20)12(18)15-10-4-2-9(13)3-5-10/h2-8H,1H3,(H,15,18). The van der Waals surface area contributed by atoms with Crippen molar-refractivity contribution in [3.05, 3.63) is 52.6 Å². The molecule has 0 fully saturated rings. The van der Waals surface area contributed by atoms with Crippen LogP contribution in [0.25, 0.3) is 0 Å². The predicted molar refractivity (Wildman–Crippen MR) is 68.6 cm³/mol. The van der Waals surface area contributed by atoms with Crippen LogP contribution in [-0.2, 0) is 4.79 Å². The van der Waals surface area contributed by atoms with Gasteiger partial charge in [-0.3, -0.25) is 19.6 Å². The minimum Gasteiger partial charge on any atom is -0.324 e. The van der Waals surface area contributed by atoms with E-state index in [4.69, 9.17) is 0 Å². The summed E-state index contributed by atoms with van der Waals surface area (Å²) in [6, 6.07) is 4.56. The number of nitro groups is 1. The number of carbonyl (C=O) groups excluding carboxylic acids is 1. The first kappa shape index (κ1) is 13.7. The summed E-state index contributed by atoms with van der Waals surface area (Å²) in [6.07, 6.45) is 2.25. The number of hydrogen-bond donors (Lipinski definition) is 1. The van der Waals surface area contributed by atoms with Gasteiger partial charge in [0.1, 0.15) is 24.3 Å². The van der Waals surface area contributed by atoms with Gasteiger partial charge in [-0.05, 0) is 31.2 Å². The zero-order chi connectivity index (χ0) is 14.7. The van der Waals surface area contributed by atoms with E-state index in [1.54, 1.807) is 6.92 Å². The van der Waals surface area contributed by atoms with Crippen LogP contribution in [0.1, 0.15) is 13.0 Å². The number of nitrogens with zero attached hydrogens (tertiary/aromatic N) is 3. The normalized spacial score (nSPS) is 11.9. The van der Waals surface area contributed by atoms with E-state index in [9.17, 15) is 19.3 Å². The van der Waals surface area contributed by atoms with Crippen molar-refractivity contribution in [2.24, 2.45) is 0 Å². The lowest BCUT2D eigenvalue weighted by Gasteiger charge is -2.12. The van der Waals surface area contributed by atoms with Crippen LogP contribution in [0.15, 0.2) is 36.7 Å². The van der Waals surface area contributed by atoms with Crippen molar-refractivity contribution in [1.29, 1.82) is 0 Å². The molecule has 7 nitrogen and oxygen atoms in total. The highest BCUT2D eigenvalue weighted by atomic mass is 19.1. The molecule has 0 aliphatic rings. The molecule has 1 heterocycles. The van der Waals surface area contributed by atoms with Crippen LogP contribution >= 0.6 is 0 Å². The van der Waals surface area contributed by atoms with Crippen molar-refractivity contribution < 1.29 is 14.1 Å². The second kappa shape index (κ2) is 5.47. The van der Waals surface area contributed by atoms with E-state index in [-0.39, 0.29) is 5.69 Å². The lowest BCUT2D eigenvalue weighted by atomic mass is 10.2. The predicted octanol–water partition coefficient (Wildman–Crippen LogP) is 2.13. The van der Waals surface area contributed by atoms with E-state index in [0.29, 0.717) is 5.69 Å². The fourth-order valence-electron chi connectivity index (χ4n) is 1.53. The summed E-state index contributed by atoms with van der Waals surface area (Å²) < 4.78 is 13.9. The van der Waals surface area contributed by atoms with Crippen molar-refractivity contribution in [2.45, 2.75) is 13.0 Å². The van der Waals surface area contributed by atoms with Crippen LogP contribution in [0.4, 0.5) is 15.8 Å². The molecule has 0 aliphatic heterocycles. The monoisotopic (exact) mass is 278 g/mol. The Morgan fingerprint density at radius 2 is 2.10 bits per heavy atom. The molecule has 2 rings (SSSR count). The molecule has 104 valence electrons. The molecule has 2 aromatic rings. The minimum absolute atomic E-state index is 0.188. The molecule has 0 aliphatic carbocycles. The van der Waals surface area contributed by atoms with Gasteiger partial charge in [0.2, 0.25) is 5.91 Å². The Labute approximate surface area is 113 Å². The third-order valence-corrected chi connectivity index (χ3v) is 2.69. The molecule has 1 atom stereocenters. The van der Waals surface area contributed by atoms with Gasteiger partial charge in [0, 0.05) is 5.69 Å². The Morgan fingerprint density at radius 3 is 2.65 bits per heavy atom. The number of amides is 1. The van der Waals surface area contributed by atoms with Gasteiger partial charge >= 0.3 is 5.69 Å². The third kappa shape index (κ3) is 2.97. The average Bonchev–Trinajstić information content (AvgIpc) is 2.90. The number of halogens is 1. The Kier molecular flexibility index (Phi) is 3.74. The van der Waals surface area contributed by atoms with Crippen molar-refractivity contribution in [3.8, 4) is 0 Å². The molecule has 1 unspecified atom stereocenters. The van der Waals surface area contributed by atoms with Gasteiger partial charge in [0.25, 0.3) is 0 Å². The molecule has 0 spiro atoms. The summed E-state index contributed by atoms with van der Waals surface area (Å²) in [7, 11) is 0. The van der Waals surface area contributed by atoms with Crippen LogP contribution in [0.2, 0.25) is 0 Å². The van der Waals surface area contributed by atoms with Gasteiger partial charge in [-0.15, -0.1) is 0 Å². The third-order valence-electron chi connectivity index (χ3n) is 2.69. The maximum absolute atomic E-state index is 12.7. The van der Waals surface area contributed by atoms with Crippen LogP contribution in [0.3, 0.4) is 0 Å². The lowest BCUT2D eigenvalue weighted by molar-refractivity contribution is -0.385. The Morgan fingerprint density at radius 1 is 1.45 bits per heavy atom. The molecule has 0 saturated carbocycles. The summed E-state index contributed by atoms with van der Waals surface area (Å²) in [5.41, 5.74) is 0.247. The molecule has 0 radical (unpaired) electrons. The van der Waals surface area contributed by atoms with E-state index in [2.05, 4.69) is 10.4 Å². The summed E-state index contributed by atoms with van der Waals surface area (Å²) in [6.45, 7) is 1.55. The smallest absolute Gasteiger partial charge is 0.307 e. The number of carbonyl (C=O) groups is 1. The fourth-order valence-corrected chi connectivity index (χ4v) is 1.53. The van der Waals surface area contributed by atoms with Gasteiger partial charge < -0.3 is 5.32 Å². The average molecular weight is 278 g/mol. The fraction of sp³-hybridized carbons (Fsp3) is 0.167. The van der Waals surface area contributed by atoms with E-state index in [0.717, 1.165) is 6.20 Å². The second-order valence-corrected chi connectivity index (χ2v) is 4.11. The number of anilines is 1. The van der Waals surface area contributed by atoms with Gasteiger partial charge in [-0.2, -0.15) is 5.10 Å². The Hall–Kier alpha value is -2.77. The molecule has 0 bridgehead atoms. The molecular weight excluding hydrogens is 267 g/mol. The highest BCUT2D eigenvalue weighted by molar-refractivity contribution is 5.93. The number of benzene rings is 1. The van der Waals surface area contributed by atoms with Crippen LogP contribution in [0.5, 0.6) is 0 Å². The summed E-state index contributed by atoms with van der Waals surface area (Å²) in [5.74, 6) is -0.812. The Balaban J connectivity index is 2.07. The summed E-state index contributed by atoms with van der Waals surface area (Å²) >= 11 is 0. The van der Waals surface area contributed by atoms with Crippen LogP contribution < -0.4 is 5.32 Å². The topological polar surface area (TPSA) is 90.1 Å². The first-order valence-corrected chi connectivity index (χ1v) is 5.72. The molecule has 1 N–H and O–H groups in total. The van der Waals surface area contributed by atoms with E-state index in [1.807, 2.05) is 0 Å². The number of aromatic nitrogens is 2. The van der Waals surface area contributed by atoms with Crippen molar-refractivity contribution in [3.63, 3.8) is 0 Å². The SMILES string of the molecule is CC(C(=O)Nc1ccc(F)cc1)n1cc([N+](=O)[O-])cn1. The number of nitrogens with one attached hydrogen (secondary N) is 1. The molecule has 0 saturated heterocycles. The van der Waals surface area contributed by atoms with Gasteiger partial charge in [0.15, 0.2) is 0 Å². The zero-order valence-corrected chi connectivity index (χ0v) is 10.5. The molecular formula is C12H11FN4O3. The molecule has 8 heteroatoms. The molecule has 1 aromatic carbocycles. The van der Waals surface area contributed by atoms with Crippen LogP contribution in [0, 0.1) is 15.9 Å². The highest BCUT2D eigenvalue weighted by Crippen LogP contribution is 2.15. The maximum atomic E-state index is 12.7. The summed E-state index contributed by atoms with van der Waals surface area (Å²) in [5, 5.41) is 16.9. The van der Waals surface area contributed by atoms with Crippen molar-refractivity contribution in [1.82, 2.24) is 9.78 Å². The van der Waals surface area contributed by atoms with Gasteiger partial charge in [-0.1, -0.05) is 0 Å². The summed E-state index contributed by atoms with van der Waals surface area (Å²) in [4.78, 5) is 21.9. The van der Waals surface area contributed by atoms with Crippen molar-refractivity contribution >= 4 is 17.3 Å². The quantitative estimate of drug-likeness (QED) is 0.685. The second-order valence-electron chi connectivity index (χ2n) is 4.11. The first-order chi connectivity index (χ1) is 9.47. The van der Waals surface area contributed by atoms with Gasteiger partial charge in [-0.25, -0.2) is 4.39 Å². The lowest BCUT2D eigenvalue weighted by Crippen LogP contribution is -2.23. The molecule has 20 heavy (non-hydrogen) atoms. The van der Waals surface area contributed by atoms with Gasteiger partial charge in [0.05, 0.1) is 4.92 Å².